The van der Waals surface area contributed by atoms with E-state index in [0.29, 0.717) is 29.2 Å². The van der Waals surface area contributed by atoms with Gasteiger partial charge in [0.25, 0.3) is 0 Å². The largest absolute Gasteiger partial charge is 0.460 e. The first kappa shape index (κ1) is 36.0. The molecular weight excluding hydrogens is 740 g/mol. The van der Waals surface area contributed by atoms with Crippen LogP contribution in [-0.2, 0) is 31.6 Å². The molecule has 1 aliphatic rings. The molecule has 4 atom stereocenters. The zero-order valence-corrected chi connectivity index (χ0v) is 29.3. The molecule has 1 fully saturated rings. The number of nitrogens with zero attached hydrogens (tertiary/aromatic N) is 5. The summed E-state index contributed by atoms with van der Waals surface area (Å²) in [5.41, 5.74) is 6.09. The zero-order chi connectivity index (χ0) is 34.4. The number of anilines is 2. The Hall–Kier alpha value is -3.25. The molecule has 13 nitrogen and oxygen atoms in total. The summed E-state index contributed by atoms with van der Waals surface area (Å²) >= 11 is 4.77. The molecule has 4 unspecified atom stereocenters. The molecule has 4 aromatic rings. The first-order valence-electron chi connectivity index (χ1n) is 14.5. The first-order valence-corrected chi connectivity index (χ1v) is 17.7. The Bertz CT molecular complexity index is 1710. The van der Waals surface area contributed by atoms with Gasteiger partial charge in [-0.2, -0.15) is 28.0 Å². The van der Waals surface area contributed by atoms with Crippen LogP contribution >= 0.6 is 36.4 Å². The van der Waals surface area contributed by atoms with Crippen molar-refractivity contribution in [3.05, 3.63) is 70.5 Å². The lowest BCUT2D eigenvalue weighted by atomic mass is 10.1. The number of alkyl halides is 3. The highest BCUT2D eigenvalue weighted by Crippen LogP contribution is 2.41. The Kier molecular flexibility index (Phi) is 12.0. The molecule has 2 aromatic heterocycles. The number of halogens is 4. The molecule has 2 aromatic carbocycles. The van der Waals surface area contributed by atoms with Crippen molar-refractivity contribution in [2.45, 2.75) is 38.5 Å². The van der Waals surface area contributed by atoms with E-state index in [9.17, 15) is 18.0 Å². The van der Waals surface area contributed by atoms with E-state index in [4.69, 9.17) is 24.3 Å². The normalized spacial score (nSPS) is 18.6. The molecule has 258 valence electrons. The number of hydrazine groups is 1. The Morgan fingerprint density at radius 3 is 2.71 bits per heavy atom. The van der Waals surface area contributed by atoms with E-state index in [2.05, 4.69) is 40.8 Å². The van der Waals surface area contributed by atoms with Crippen LogP contribution in [0.25, 0.3) is 11.2 Å². The molecule has 0 spiro atoms. The van der Waals surface area contributed by atoms with Gasteiger partial charge in [-0.05, 0) is 43.0 Å². The third kappa shape index (κ3) is 9.05. The molecule has 1 saturated heterocycles. The van der Waals surface area contributed by atoms with E-state index in [1.807, 2.05) is 17.7 Å². The van der Waals surface area contributed by atoms with Crippen molar-refractivity contribution < 1.29 is 36.5 Å². The molecule has 48 heavy (non-hydrogen) atoms. The SMILES string of the molecule is CSNN(C)c1nc(N)nc2c1ncn2C1OC(COP(NCC(=O)OCc2ccccc2C(F)(F)F)Oc2ccc(Br)cc2)CC1C. The highest BCUT2D eigenvalue weighted by atomic mass is 79.9. The molecule has 1 aliphatic heterocycles. The van der Waals surface area contributed by atoms with Gasteiger partial charge in [0.15, 0.2) is 17.0 Å². The number of fused-ring (bicyclic) bond motifs is 1. The molecule has 3 heterocycles. The summed E-state index contributed by atoms with van der Waals surface area (Å²) in [6.45, 7) is 1.24. The van der Waals surface area contributed by atoms with Crippen molar-refractivity contribution in [1.29, 1.82) is 0 Å². The van der Waals surface area contributed by atoms with Gasteiger partial charge >= 0.3 is 20.7 Å². The molecule has 0 bridgehead atoms. The number of carbonyl (C=O) groups excluding carboxylic acids is 1. The average Bonchev–Trinajstić information content (AvgIpc) is 3.64. The highest BCUT2D eigenvalue weighted by molar-refractivity contribution is 9.10. The van der Waals surface area contributed by atoms with Crippen LogP contribution < -0.4 is 25.2 Å². The number of ether oxygens (including phenoxy) is 2. The van der Waals surface area contributed by atoms with Crippen molar-refractivity contribution in [3.63, 3.8) is 0 Å². The summed E-state index contributed by atoms with van der Waals surface area (Å²) in [5, 5.41) is 4.60. The van der Waals surface area contributed by atoms with Gasteiger partial charge in [0, 0.05) is 23.0 Å². The molecule has 0 aliphatic carbocycles. The van der Waals surface area contributed by atoms with E-state index in [-0.39, 0.29) is 36.7 Å². The standard InChI is InChI=1S/C29H33BrF3N8O5PS/c1-17-12-21(45-27(17)41-16-35-24-25(40(2)39-48-3)37-28(34)38-26(24)41)15-44-47(46-20-10-8-19(30)9-11-20)36-13-23(42)43-14-18-6-4-5-7-22(18)29(31,32)33/h4-11,16-17,21,27,36,39H,12-15H2,1-3H3,(H2,34,37,38). The van der Waals surface area contributed by atoms with Gasteiger partial charge in [-0.3, -0.25) is 14.4 Å². The molecule has 5 rings (SSSR count). The number of benzene rings is 2. The maximum atomic E-state index is 13.3. The summed E-state index contributed by atoms with van der Waals surface area (Å²) in [7, 11) is -0.104. The maximum absolute atomic E-state index is 13.3. The lowest BCUT2D eigenvalue weighted by Gasteiger charge is -2.21. The number of hydrogen-bond acceptors (Lipinski definition) is 13. The van der Waals surface area contributed by atoms with Gasteiger partial charge in [0.1, 0.15) is 25.1 Å². The summed E-state index contributed by atoms with van der Waals surface area (Å²) in [6.07, 6.45) is -1.19. The van der Waals surface area contributed by atoms with Gasteiger partial charge in [-0.1, -0.05) is 53.0 Å². The first-order chi connectivity index (χ1) is 22.9. The number of carbonyl (C=O) groups is 1. The Morgan fingerprint density at radius 2 is 1.98 bits per heavy atom. The topological polar surface area (TPSA) is 151 Å². The second kappa shape index (κ2) is 16.0. The van der Waals surface area contributed by atoms with Crippen LogP contribution in [0.2, 0.25) is 0 Å². The van der Waals surface area contributed by atoms with E-state index in [0.717, 1.165) is 10.5 Å². The lowest BCUT2D eigenvalue weighted by Crippen LogP contribution is -2.29. The van der Waals surface area contributed by atoms with Crippen LogP contribution in [0, 0.1) is 5.92 Å². The minimum absolute atomic E-state index is 0.0406. The fourth-order valence-electron chi connectivity index (χ4n) is 4.99. The van der Waals surface area contributed by atoms with Crippen molar-refractivity contribution in [2.24, 2.45) is 5.92 Å². The number of imidazole rings is 1. The van der Waals surface area contributed by atoms with Crippen molar-refractivity contribution in [2.75, 3.05) is 37.2 Å². The fourth-order valence-corrected chi connectivity index (χ4v) is 6.70. The third-order valence-corrected chi connectivity index (χ3v) is 9.30. The summed E-state index contributed by atoms with van der Waals surface area (Å²) in [4.78, 5) is 28.9. The molecule has 0 amide bonds. The average molecular weight is 774 g/mol. The van der Waals surface area contributed by atoms with Gasteiger partial charge in [0.05, 0.1) is 24.6 Å². The zero-order valence-electron chi connectivity index (χ0n) is 26.0. The molecule has 4 N–H and O–H groups in total. The number of nitrogen functional groups attached to an aromatic ring is 1. The van der Waals surface area contributed by atoms with E-state index >= 15 is 0 Å². The minimum Gasteiger partial charge on any atom is -0.460 e. The third-order valence-electron chi connectivity index (χ3n) is 7.14. The highest BCUT2D eigenvalue weighted by Gasteiger charge is 2.36. The number of hydrogen-bond donors (Lipinski definition) is 3. The second-order valence-corrected chi connectivity index (χ2v) is 13.5. The Balaban J connectivity index is 1.23. The molecule has 19 heteroatoms. The Morgan fingerprint density at radius 1 is 1.23 bits per heavy atom. The summed E-state index contributed by atoms with van der Waals surface area (Å²) in [5.74, 6) is 0.338. The van der Waals surface area contributed by atoms with Crippen LogP contribution in [0.1, 0.15) is 30.7 Å². The predicted molar refractivity (Wildman–Crippen MR) is 179 cm³/mol. The van der Waals surface area contributed by atoms with Crippen LogP contribution in [0.5, 0.6) is 5.75 Å². The minimum atomic E-state index is -4.57. The van der Waals surface area contributed by atoms with Crippen LogP contribution in [0.3, 0.4) is 0 Å². The quantitative estimate of drug-likeness (QED) is 0.0597. The van der Waals surface area contributed by atoms with Crippen LogP contribution in [0.4, 0.5) is 24.9 Å². The summed E-state index contributed by atoms with van der Waals surface area (Å²) < 4.78 is 66.3. The van der Waals surface area contributed by atoms with E-state index in [1.165, 1.54) is 30.1 Å². The second-order valence-electron chi connectivity index (χ2n) is 10.7. The summed E-state index contributed by atoms with van der Waals surface area (Å²) in [6, 6.07) is 11.9. The maximum Gasteiger partial charge on any atom is 0.416 e. The number of nitrogens with one attached hydrogen (secondary N) is 2. The van der Waals surface area contributed by atoms with E-state index < -0.39 is 39.1 Å². The van der Waals surface area contributed by atoms with Crippen LogP contribution in [0.15, 0.2) is 59.3 Å². The van der Waals surface area contributed by atoms with Gasteiger partial charge in [-0.15, -0.1) is 0 Å². The Labute approximate surface area is 288 Å². The van der Waals surface area contributed by atoms with Crippen molar-refractivity contribution >= 4 is 65.3 Å². The smallest absolute Gasteiger partial charge is 0.416 e. The van der Waals surface area contributed by atoms with E-state index in [1.54, 1.807) is 42.6 Å². The number of rotatable bonds is 14. The number of aromatic nitrogens is 4. The monoisotopic (exact) mass is 772 g/mol. The molecular formula is C29H33BrF3N8O5PS. The lowest BCUT2D eigenvalue weighted by molar-refractivity contribution is -0.146. The number of esters is 1. The number of nitrogens with two attached hydrogens (primary N) is 1. The van der Waals surface area contributed by atoms with Crippen molar-refractivity contribution in [3.8, 4) is 5.75 Å². The molecule has 0 radical (unpaired) electrons. The predicted octanol–water partition coefficient (Wildman–Crippen LogP) is 5.99. The van der Waals surface area contributed by atoms with Gasteiger partial charge in [0.2, 0.25) is 5.95 Å². The van der Waals surface area contributed by atoms with Gasteiger partial charge < -0.3 is 24.3 Å². The van der Waals surface area contributed by atoms with Gasteiger partial charge in [-0.25, -0.2) is 10.1 Å². The molecule has 0 saturated carbocycles. The fraction of sp³-hybridized carbons (Fsp3) is 0.379. The van der Waals surface area contributed by atoms with Crippen molar-refractivity contribution in [1.82, 2.24) is 29.4 Å². The van der Waals surface area contributed by atoms with Crippen LogP contribution in [-0.4, -0.2) is 58.0 Å².